The van der Waals surface area contributed by atoms with E-state index in [0.717, 1.165) is 28.8 Å². The molecule has 0 amide bonds. The number of aromatic nitrogens is 2. The highest BCUT2D eigenvalue weighted by Gasteiger charge is 2.44. The number of thioether (sulfide) groups is 1. The normalized spacial score (nSPS) is 22.9. The molecule has 1 saturated heterocycles. The third kappa shape index (κ3) is 3.10. The van der Waals surface area contributed by atoms with Gasteiger partial charge in [0.15, 0.2) is 5.17 Å². The summed E-state index contributed by atoms with van der Waals surface area (Å²) < 4.78 is 7.66. The quantitative estimate of drug-likeness (QED) is 0.592. The second-order valence-electron chi connectivity index (χ2n) is 8.00. The summed E-state index contributed by atoms with van der Waals surface area (Å²) in [6.07, 6.45) is 1.87. The van der Waals surface area contributed by atoms with Gasteiger partial charge in [-0.3, -0.25) is 9.98 Å². The van der Waals surface area contributed by atoms with Crippen LogP contribution >= 0.6 is 11.8 Å². The number of ether oxygens (including phenoxy) is 1. The summed E-state index contributed by atoms with van der Waals surface area (Å²) >= 11 is 1.88. The van der Waals surface area contributed by atoms with Crippen molar-refractivity contribution >= 4 is 16.9 Å². The van der Waals surface area contributed by atoms with Crippen LogP contribution in [0.4, 0.5) is 0 Å². The Labute approximate surface area is 181 Å². The van der Waals surface area contributed by atoms with E-state index in [2.05, 4.69) is 65.6 Å². The Bertz CT molecular complexity index is 1090. The van der Waals surface area contributed by atoms with Crippen LogP contribution in [0.3, 0.4) is 0 Å². The van der Waals surface area contributed by atoms with Gasteiger partial charge < -0.3 is 14.2 Å². The predicted octanol–water partition coefficient (Wildman–Crippen LogP) is 5.09. The zero-order valence-electron chi connectivity index (χ0n) is 17.7. The van der Waals surface area contributed by atoms with Gasteiger partial charge in [-0.1, -0.05) is 24.8 Å². The topological polar surface area (TPSA) is 42.6 Å². The van der Waals surface area contributed by atoms with E-state index in [0.29, 0.717) is 5.25 Å². The second kappa shape index (κ2) is 7.51. The molecule has 4 heterocycles. The number of benzene rings is 1. The molecule has 2 aliphatic rings. The fraction of sp³-hybridized carbons (Fsp3) is 0.333. The van der Waals surface area contributed by atoms with Crippen LogP contribution in [0.15, 0.2) is 59.7 Å². The van der Waals surface area contributed by atoms with Crippen LogP contribution in [0.5, 0.6) is 5.75 Å². The first-order chi connectivity index (χ1) is 14.6. The van der Waals surface area contributed by atoms with Crippen LogP contribution in [0.2, 0.25) is 0 Å². The lowest BCUT2D eigenvalue weighted by Crippen LogP contribution is -2.28. The summed E-state index contributed by atoms with van der Waals surface area (Å²) in [6.45, 7) is 7.68. The fourth-order valence-electron chi connectivity index (χ4n) is 4.67. The molecule has 6 heteroatoms. The van der Waals surface area contributed by atoms with Gasteiger partial charge in [-0.15, -0.1) is 0 Å². The Balaban J connectivity index is 1.59. The summed E-state index contributed by atoms with van der Waals surface area (Å²) in [4.78, 5) is 12.3. The first kappa shape index (κ1) is 19.2. The Morgan fingerprint density at radius 1 is 1.10 bits per heavy atom. The van der Waals surface area contributed by atoms with E-state index in [1.807, 2.05) is 36.2 Å². The lowest BCUT2D eigenvalue weighted by atomic mass is 9.96. The first-order valence-electron chi connectivity index (χ1n) is 10.3. The highest BCUT2D eigenvalue weighted by Crippen LogP contribution is 2.48. The fourth-order valence-corrected chi connectivity index (χ4v) is 5.76. The van der Waals surface area contributed by atoms with Crippen LogP contribution in [0.1, 0.15) is 41.7 Å². The molecule has 30 heavy (non-hydrogen) atoms. The zero-order chi connectivity index (χ0) is 20.8. The van der Waals surface area contributed by atoms with Gasteiger partial charge in [-0.25, -0.2) is 0 Å². The smallest absolute Gasteiger partial charge is 0.160 e. The number of fused-ring (bicyclic) bond motifs is 1. The first-order valence-corrected chi connectivity index (χ1v) is 11.2. The molecule has 5 nitrogen and oxygen atoms in total. The minimum absolute atomic E-state index is 0.0195. The van der Waals surface area contributed by atoms with Crippen LogP contribution in [0, 0.1) is 13.8 Å². The third-order valence-electron chi connectivity index (χ3n) is 6.00. The number of pyridine rings is 1. The monoisotopic (exact) mass is 418 g/mol. The van der Waals surface area contributed by atoms with Crippen molar-refractivity contribution in [1.29, 1.82) is 0 Å². The maximum atomic E-state index is 5.33. The number of nitrogens with zero attached hydrogens (tertiary/aromatic N) is 4. The molecular weight excluding hydrogens is 392 g/mol. The molecule has 2 aromatic heterocycles. The van der Waals surface area contributed by atoms with E-state index in [1.165, 1.54) is 17.0 Å². The summed E-state index contributed by atoms with van der Waals surface area (Å²) in [5.74, 6) is 0.869. The van der Waals surface area contributed by atoms with Gasteiger partial charge in [0, 0.05) is 35.1 Å². The van der Waals surface area contributed by atoms with Gasteiger partial charge in [0.05, 0.1) is 18.8 Å². The van der Waals surface area contributed by atoms with E-state index < -0.39 is 0 Å². The zero-order valence-corrected chi connectivity index (χ0v) is 18.6. The summed E-state index contributed by atoms with van der Waals surface area (Å²) in [5.41, 5.74) is 5.99. The number of aryl methyl sites for hydroxylation is 1. The Hall–Kier alpha value is -2.73. The molecule has 5 rings (SSSR count). The van der Waals surface area contributed by atoms with Crippen LogP contribution < -0.4 is 4.74 Å². The van der Waals surface area contributed by atoms with E-state index in [9.17, 15) is 0 Å². The molecule has 154 valence electrons. The number of aliphatic imine (C=N–C) groups is 1. The molecule has 1 aromatic carbocycles. The van der Waals surface area contributed by atoms with Gasteiger partial charge in [0.1, 0.15) is 11.8 Å². The van der Waals surface area contributed by atoms with Gasteiger partial charge in [0.25, 0.3) is 0 Å². The van der Waals surface area contributed by atoms with Gasteiger partial charge >= 0.3 is 0 Å². The molecule has 0 radical (unpaired) electrons. The predicted molar refractivity (Wildman–Crippen MR) is 123 cm³/mol. The van der Waals surface area contributed by atoms with Crippen LogP contribution in [-0.2, 0) is 0 Å². The Kier molecular flexibility index (Phi) is 4.82. The van der Waals surface area contributed by atoms with Crippen molar-refractivity contribution in [2.75, 3.05) is 13.7 Å². The van der Waals surface area contributed by atoms with Gasteiger partial charge in [-0.2, -0.15) is 0 Å². The molecule has 0 N–H and O–H groups in total. The van der Waals surface area contributed by atoms with Crippen molar-refractivity contribution in [3.05, 3.63) is 77.4 Å². The molecule has 2 aliphatic heterocycles. The lowest BCUT2D eigenvalue weighted by Gasteiger charge is -2.27. The van der Waals surface area contributed by atoms with Gasteiger partial charge in [-0.05, 0) is 61.9 Å². The summed E-state index contributed by atoms with van der Waals surface area (Å²) in [7, 11) is 1.70. The minimum atomic E-state index is 0.0195. The molecular formula is C24H26N4OS. The number of hydrogen-bond donors (Lipinski definition) is 0. The molecule has 0 spiro atoms. The Morgan fingerprint density at radius 2 is 1.90 bits per heavy atom. The minimum Gasteiger partial charge on any atom is -0.497 e. The number of rotatable bonds is 4. The molecule has 0 bridgehead atoms. The largest absolute Gasteiger partial charge is 0.497 e. The maximum Gasteiger partial charge on any atom is 0.160 e. The molecule has 3 aromatic rings. The molecule has 3 atom stereocenters. The highest BCUT2D eigenvalue weighted by molar-refractivity contribution is 8.14. The number of hydrogen-bond acceptors (Lipinski definition) is 5. The van der Waals surface area contributed by atoms with Gasteiger partial charge in [0.2, 0.25) is 0 Å². The molecule has 0 aliphatic carbocycles. The average Bonchev–Trinajstić information content (AvgIpc) is 3.38. The molecule has 0 saturated carbocycles. The van der Waals surface area contributed by atoms with Crippen molar-refractivity contribution in [2.24, 2.45) is 4.99 Å². The van der Waals surface area contributed by atoms with Crippen molar-refractivity contribution in [3.8, 4) is 11.4 Å². The van der Waals surface area contributed by atoms with E-state index in [1.54, 1.807) is 7.11 Å². The van der Waals surface area contributed by atoms with E-state index in [4.69, 9.17) is 9.73 Å². The van der Waals surface area contributed by atoms with Crippen molar-refractivity contribution < 1.29 is 4.74 Å². The van der Waals surface area contributed by atoms with E-state index >= 15 is 0 Å². The number of amidine groups is 1. The summed E-state index contributed by atoms with van der Waals surface area (Å²) in [5, 5.41) is 1.71. The van der Waals surface area contributed by atoms with Crippen molar-refractivity contribution in [1.82, 2.24) is 14.5 Å². The second-order valence-corrected chi connectivity index (χ2v) is 9.40. The van der Waals surface area contributed by atoms with E-state index in [-0.39, 0.29) is 12.1 Å². The average molecular weight is 419 g/mol. The van der Waals surface area contributed by atoms with Crippen molar-refractivity contribution in [3.63, 3.8) is 0 Å². The highest BCUT2D eigenvalue weighted by atomic mass is 32.2. The lowest BCUT2D eigenvalue weighted by molar-refractivity contribution is 0.320. The summed E-state index contributed by atoms with van der Waals surface area (Å²) in [6, 6.07) is 16.9. The maximum absolute atomic E-state index is 5.33. The SMILES string of the molecule is COc1ccc(-n2c(C)cc([C@@H]3[C@@H](c4ccccn4)N=C4S[C@H](C)CN43)c2C)cc1. The third-order valence-corrected chi connectivity index (χ3v) is 7.10. The van der Waals surface area contributed by atoms with Crippen molar-refractivity contribution in [2.45, 2.75) is 38.1 Å². The molecule has 0 unspecified atom stereocenters. The standard InChI is InChI=1S/C24H26N4OS/c1-15-13-20(17(3)28(15)18-8-10-19(29-4)11-9-18)23-22(21-7-5-6-12-25-21)26-24-27(23)14-16(2)30-24/h5-13,16,22-23H,14H2,1-4H3/t16-,22-,23-/m1/s1. The molecule has 1 fully saturated rings. The Morgan fingerprint density at radius 3 is 2.60 bits per heavy atom. The van der Waals surface area contributed by atoms with Crippen LogP contribution in [-0.4, -0.2) is 38.5 Å². The van der Waals surface area contributed by atoms with Crippen LogP contribution in [0.25, 0.3) is 5.69 Å². The number of methoxy groups -OCH3 is 1.